The Morgan fingerprint density at radius 2 is 1.66 bits per heavy atom. The second kappa shape index (κ2) is 12.4. The van der Waals surface area contributed by atoms with Gasteiger partial charge in [0, 0.05) is 66.9 Å². The summed E-state index contributed by atoms with van der Waals surface area (Å²) in [6, 6.07) is 11.9. The van der Waals surface area contributed by atoms with Crippen LogP contribution in [0.5, 0.6) is 5.75 Å². The third-order valence-corrected chi connectivity index (χ3v) is 12.1. The Hall–Kier alpha value is -3.67. The zero-order valence-electron chi connectivity index (χ0n) is 27.8. The lowest BCUT2D eigenvalue weighted by atomic mass is 9.81. The summed E-state index contributed by atoms with van der Waals surface area (Å²) >= 11 is 0. The molecule has 4 heterocycles. The molecule has 2 amide bonds. The Bertz CT molecular complexity index is 1860. The highest BCUT2D eigenvalue weighted by atomic mass is 32.2. The van der Waals surface area contributed by atoms with Crippen molar-refractivity contribution in [1.29, 1.82) is 0 Å². The van der Waals surface area contributed by atoms with Gasteiger partial charge in [-0.25, -0.2) is 4.72 Å². The number of ether oxygens (including phenoxy) is 1. The summed E-state index contributed by atoms with van der Waals surface area (Å²) in [6.07, 6.45) is 10.9. The number of carbonyl (C=O) groups is 2. The van der Waals surface area contributed by atoms with Gasteiger partial charge in [-0.05, 0) is 92.6 Å². The van der Waals surface area contributed by atoms with E-state index >= 15 is 0 Å². The standard InChI is InChI=1S/C36H45N5O5S/c1-38(2)47(44,45)37-35(42)24-13-15-31-32(19-24)40-20-26(36(43)41-27-11-8-12-28(41)22-39(3)21-27)17-25-18-29(46-4)14-16-30(25)34(40)33(31)23-9-6-5-7-10-23/h13-19,23,27-28H,5-12,20-22H2,1-4H3,(H,37,42). The fourth-order valence-electron chi connectivity index (χ4n) is 8.40. The number of likely N-dealkylation sites (tertiary alicyclic amines) is 1. The van der Waals surface area contributed by atoms with E-state index < -0.39 is 16.1 Å². The molecule has 2 atom stereocenters. The van der Waals surface area contributed by atoms with Crippen LogP contribution < -0.4 is 9.46 Å². The number of rotatable bonds is 6. The molecule has 10 nitrogen and oxygen atoms in total. The number of hydrogen-bond acceptors (Lipinski definition) is 6. The molecular weight excluding hydrogens is 614 g/mol. The molecule has 2 aromatic carbocycles. The largest absolute Gasteiger partial charge is 0.497 e. The normalized spacial score (nSPS) is 22.0. The molecule has 250 valence electrons. The van der Waals surface area contributed by atoms with Crippen molar-refractivity contribution < 1.29 is 22.7 Å². The topological polar surface area (TPSA) is 104 Å². The zero-order chi connectivity index (χ0) is 33.0. The van der Waals surface area contributed by atoms with Crippen molar-refractivity contribution in [2.45, 2.75) is 75.9 Å². The number of fused-ring (bicyclic) bond motifs is 7. The summed E-state index contributed by atoms with van der Waals surface area (Å²) < 4.78 is 36.1. The second-order valence-corrected chi connectivity index (χ2v) is 15.8. The highest BCUT2D eigenvalue weighted by molar-refractivity contribution is 7.87. The lowest BCUT2D eigenvalue weighted by Gasteiger charge is -2.49. The number of piperidine rings is 1. The molecule has 0 spiro atoms. The minimum absolute atomic E-state index is 0.0708. The van der Waals surface area contributed by atoms with Crippen molar-refractivity contribution in [3.8, 4) is 17.0 Å². The molecule has 2 saturated heterocycles. The Balaban J connectivity index is 1.41. The van der Waals surface area contributed by atoms with Gasteiger partial charge in [0.1, 0.15) is 5.75 Å². The predicted octanol–water partition coefficient (Wildman–Crippen LogP) is 4.99. The molecule has 4 aliphatic rings. The van der Waals surface area contributed by atoms with Gasteiger partial charge in [-0.1, -0.05) is 25.3 Å². The fourth-order valence-corrected chi connectivity index (χ4v) is 8.93. The highest BCUT2D eigenvalue weighted by Crippen LogP contribution is 2.47. The van der Waals surface area contributed by atoms with E-state index in [0.29, 0.717) is 18.0 Å². The van der Waals surface area contributed by atoms with E-state index in [0.717, 1.165) is 95.8 Å². The molecule has 2 bridgehead atoms. The van der Waals surface area contributed by atoms with E-state index in [1.165, 1.54) is 26.1 Å². The quantitative estimate of drug-likeness (QED) is 0.400. The van der Waals surface area contributed by atoms with Gasteiger partial charge in [0.15, 0.2) is 0 Å². The number of hydrogen-bond donors (Lipinski definition) is 1. The molecular formula is C36H45N5O5S. The number of benzene rings is 2. The minimum Gasteiger partial charge on any atom is -0.497 e. The van der Waals surface area contributed by atoms with Crippen molar-refractivity contribution in [2.75, 3.05) is 41.3 Å². The van der Waals surface area contributed by atoms with Gasteiger partial charge >= 0.3 is 10.2 Å². The number of amides is 2. The first-order valence-electron chi connectivity index (χ1n) is 16.9. The lowest BCUT2D eigenvalue weighted by molar-refractivity contribution is -0.138. The molecule has 3 fully saturated rings. The molecule has 2 unspecified atom stereocenters. The van der Waals surface area contributed by atoms with Crippen LogP contribution in [0.25, 0.3) is 28.2 Å². The van der Waals surface area contributed by atoms with Crippen molar-refractivity contribution in [2.24, 2.45) is 0 Å². The second-order valence-electron chi connectivity index (χ2n) is 13.9. The first-order valence-corrected chi connectivity index (χ1v) is 18.3. The number of piperazine rings is 1. The molecule has 47 heavy (non-hydrogen) atoms. The Morgan fingerprint density at radius 1 is 0.936 bits per heavy atom. The van der Waals surface area contributed by atoms with Gasteiger partial charge in [-0.2, -0.15) is 12.7 Å². The summed E-state index contributed by atoms with van der Waals surface area (Å²) in [7, 11) is 2.60. The number of likely N-dealkylation sites (N-methyl/N-ethyl adjacent to an activating group) is 1. The monoisotopic (exact) mass is 659 g/mol. The third-order valence-electron chi connectivity index (χ3n) is 10.7. The van der Waals surface area contributed by atoms with E-state index in [2.05, 4.69) is 38.3 Å². The molecule has 0 radical (unpaired) electrons. The highest BCUT2D eigenvalue weighted by Gasteiger charge is 2.41. The van der Waals surface area contributed by atoms with Crippen molar-refractivity contribution in [1.82, 2.24) is 23.4 Å². The average Bonchev–Trinajstić information content (AvgIpc) is 3.26. The number of nitrogens with zero attached hydrogens (tertiary/aromatic N) is 4. The number of carbonyl (C=O) groups excluding carboxylic acids is 2. The average molecular weight is 660 g/mol. The summed E-state index contributed by atoms with van der Waals surface area (Å²) in [4.78, 5) is 32.5. The van der Waals surface area contributed by atoms with Gasteiger partial charge in [0.25, 0.3) is 11.8 Å². The third kappa shape index (κ3) is 5.76. The molecule has 1 aliphatic carbocycles. The summed E-state index contributed by atoms with van der Waals surface area (Å²) in [5.74, 6) is 0.446. The summed E-state index contributed by atoms with van der Waals surface area (Å²) in [5.41, 5.74) is 6.08. The predicted molar refractivity (Wildman–Crippen MR) is 184 cm³/mol. The molecule has 1 aromatic heterocycles. The van der Waals surface area contributed by atoms with Crippen LogP contribution in [0.1, 0.15) is 78.8 Å². The van der Waals surface area contributed by atoms with Crippen molar-refractivity contribution in [3.63, 3.8) is 0 Å². The van der Waals surface area contributed by atoms with E-state index in [1.54, 1.807) is 19.2 Å². The molecule has 3 aromatic rings. The van der Waals surface area contributed by atoms with Gasteiger partial charge in [-0.15, -0.1) is 0 Å². The van der Waals surface area contributed by atoms with Gasteiger partial charge in [0.05, 0.1) is 19.3 Å². The van der Waals surface area contributed by atoms with Crippen molar-refractivity contribution >= 4 is 39.0 Å². The van der Waals surface area contributed by atoms with E-state index in [-0.39, 0.29) is 23.6 Å². The minimum atomic E-state index is -3.97. The van der Waals surface area contributed by atoms with Gasteiger partial charge in [0.2, 0.25) is 0 Å². The first-order chi connectivity index (χ1) is 22.6. The molecule has 7 rings (SSSR count). The van der Waals surface area contributed by atoms with Crippen LogP contribution >= 0.6 is 0 Å². The van der Waals surface area contributed by atoms with Crippen LogP contribution in [-0.2, 0) is 21.5 Å². The fraction of sp³-hybridized carbons (Fsp3) is 0.500. The maximum Gasteiger partial charge on any atom is 0.303 e. The number of aromatic nitrogens is 1. The van der Waals surface area contributed by atoms with Crippen LogP contribution in [0, 0.1) is 0 Å². The number of nitrogens with one attached hydrogen (secondary N) is 1. The van der Waals surface area contributed by atoms with E-state index in [1.807, 2.05) is 18.2 Å². The summed E-state index contributed by atoms with van der Waals surface area (Å²) in [6.45, 7) is 2.09. The molecule has 3 aliphatic heterocycles. The van der Waals surface area contributed by atoms with Gasteiger partial charge in [-0.3, -0.25) is 9.59 Å². The van der Waals surface area contributed by atoms with Crippen LogP contribution in [0.15, 0.2) is 42.0 Å². The van der Waals surface area contributed by atoms with Crippen LogP contribution in [0.4, 0.5) is 0 Å². The molecule has 1 saturated carbocycles. The van der Waals surface area contributed by atoms with Crippen LogP contribution in [0.2, 0.25) is 0 Å². The maximum atomic E-state index is 14.7. The smallest absolute Gasteiger partial charge is 0.303 e. The SMILES string of the molecule is COc1ccc2c(c1)C=C(C(=O)N1C3CCCC1CN(C)C3)Cn1c-2c(C2CCCCC2)c2ccc(C(=O)NS(=O)(=O)N(C)C)cc21. The van der Waals surface area contributed by atoms with Crippen molar-refractivity contribution in [3.05, 3.63) is 58.7 Å². The maximum absolute atomic E-state index is 14.7. The molecule has 1 N–H and O–H groups in total. The number of methoxy groups -OCH3 is 1. The van der Waals surface area contributed by atoms with Gasteiger partial charge < -0.3 is 19.1 Å². The Labute approximate surface area is 277 Å². The van der Waals surface area contributed by atoms with Crippen LogP contribution in [-0.4, -0.2) is 92.3 Å². The van der Waals surface area contributed by atoms with E-state index in [9.17, 15) is 18.0 Å². The first kappa shape index (κ1) is 31.9. The lowest BCUT2D eigenvalue weighted by Crippen LogP contribution is -2.62. The Kier molecular flexibility index (Phi) is 8.42. The summed E-state index contributed by atoms with van der Waals surface area (Å²) in [5, 5.41) is 1.05. The molecule has 11 heteroatoms. The zero-order valence-corrected chi connectivity index (χ0v) is 28.6. The van der Waals surface area contributed by atoms with Crippen LogP contribution in [0.3, 0.4) is 0 Å². The Morgan fingerprint density at radius 3 is 2.34 bits per heavy atom. The van der Waals surface area contributed by atoms with E-state index in [4.69, 9.17) is 4.74 Å².